The molecule has 0 atom stereocenters. The van der Waals surface area contributed by atoms with Crippen LogP contribution in [0.3, 0.4) is 0 Å². The van der Waals surface area contributed by atoms with Gasteiger partial charge in [0.25, 0.3) is 0 Å². The highest BCUT2D eigenvalue weighted by Gasteiger charge is 2.02. The lowest BCUT2D eigenvalue weighted by atomic mass is 10.1. The Balaban J connectivity index is 1.50. The Hall–Kier alpha value is -3.11. The zero-order valence-electron chi connectivity index (χ0n) is 16.3. The first-order valence-corrected chi connectivity index (χ1v) is 9.87. The van der Waals surface area contributed by atoms with Crippen molar-refractivity contribution in [1.82, 2.24) is 5.43 Å². The lowest BCUT2D eigenvalue weighted by Crippen LogP contribution is -2.19. The topological polar surface area (TPSA) is 50.7 Å². The Labute approximate surface area is 176 Å². The fourth-order valence-electron chi connectivity index (χ4n) is 2.73. The van der Waals surface area contributed by atoms with Crippen molar-refractivity contribution >= 4 is 23.7 Å². The van der Waals surface area contributed by atoms with Crippen molar-refractivity contribution in [3.05, 3.63) is 100 Å². The van der Waals surface area contributed by atoms with Gasteiger partial charge in [0.1, 0.15) is 12.4 Å². The fraction of sp³-hybridized carbons (Fsp3) is 0.167. The molecule has 0 aliphatic carbocycles. The Morgan fingerprint density at radius 3 is 2.41 bits per heavy atom. The maximum atomic E-state index is 12.0. The molecule has 0 spiro atoms. The fourth-order valence-corrected chi connectivity index (χ4v) is 2.85. The van der Waals surface area contributed by atoms with E-state index in [0.29, 0.717) is 18.1 Å². The van der Waals surface area contributed by atoms with E-state index in [1.54, 1.807) is 6.21 Å². The van der Waals surface area contributed by atoms with Crippen molar-refractivity contribution in [2.24, 2.45) is 5.10 Å². The minimum atomic E-state index is -0.152. The van der Waals surface area contributed by atoms with Crippen molar-refractivity contribution in [1.29, 1.82) is 0 Å². The van der Waals surface area contributed by atoms with Crippen LogP contribution in [0.1, 0.15) is 29.2 Å². The Morgan fingerprint density at radius 2 is 1.69 bits per heavy atom. The number of hydrogen-bond acceptors (Lipinski definition) is 3. The van der Waals surface area contributed by atoms with Gasteiger partial charge in [0.15, 0.2) is 0 Å². The Morgan fingerprint density at radius 1 is 1.00 bits per heavy atom. The van der Waals surface area contributed by atoms with Gasteiger partial charge in [-0.15, -0.1) is 0 Å². The summed E-state index contributed by atoms with van der Waals surface area (Å²) in [5, 5.41) is 4.75. The van der Waals surface area contributed by atoms with Gasteiger partial charge in [0.05, 0.1) is 12.6 Å². The van der Waals surface area contributed by atoms with E-state index in [2.05, 4.69) is 17.5 Å². The second kappa shape index (κ2) is 10.4. The second-order valence-corrected chi connectivity index (χ2v) is 7.06. The number of carbonyl (C=O) groups is 1. The number of hydrazone groups is 1. The number of carbonyl (C=O) groups excluding carboxylic acids is 1. The number of amides is 1. The number of rotatable bonds is 8. The summed E-state index contributed by atoms with van der Waals surface area (Å²) in [6.45, 7) is 2.56. The molecule has 0 heterocycles. The predicted molar refractivity (Wildman–Crippen MR) is 117 cm³/mol. The molecule has 1 N–H and O–H groups in total. The van der Waals surface area contributed by atoms with E-state index < -0.39 is 0 Å². The largest absolute Gasteiger partial charge is 0.489 e. The Bertz CT molecular complexity index is 967. The molecule has 0 aliphatic heterocycles. The number of benzene rings is 3. The van der Waals surface area contributed by atoms with Crippen molar-refractivity contribution in [2.45, 2.75) is 26.4 Å². The van der Waals surface area contributed by atoms with E-state index in [4.69, 9.17) is 16.3 Å². The molecule has 29 heavy (non-hydrogen) atoms. The molecule has 0 bridgehead atoms. The average Bonchev–Trinajstić information content (AvgIpc) is 2.74. The monoisotopic (exact) mass is 406 g/mol. The van der Waals surface area contributed by atoms with Crippen LogP contribution < -0.4 is 10.2 Å². The molecule has 3 aromatic carbocycles. The lowest BCUT2D eigenvalue weighted by Gasteiger charge is -2.07. The zero-order valence-corrected chi connectivity index (χ0v) is 17.0. The number of hydrogen-bond donors (Lipinski definition) is 1. The third kappa shape index (κ3) is 6.77. The molecule has 0 saturated carbocycles. The molecule has 3 aromatic rings. The van der Waals surface area contributed by atoms with Crippen LogP contribution in [0.5, 0.6) is 5.75 Å². The minimum absolute atomic E-state index is 0.152. The molecule has 0 radical (unpaired) electrons. The molecule has 1 amide bonds. The third-order valence-electron chi connectivity index (χ3n) is 4.38. The van der Waals surface area contributed by atoms with E-state index in [9.17, 15) is 4.79 Å². The van der Waals surface area contributed by atoms with Crippen LogP contribution >= 0.6 is 11.6 Å². The summed E-state index contributed by atoms with van der Waals surface area (Å²) in [5.41, 5.74) is 6.66. The molecule has 0 aromatic heterocycles. The molecular weight excluding hydrogens is 384 g/mol. The Kier molecular flexibility index (Phi) is 7.42. The first-order chi connectivity index (χ1) is 14.1. The first kappa shape index (κ1) is 20.6. The summed E-state index contributed by atoms with van der Waals surface area (Å²) in [4.78, 5) is 12.0. The number of aryl methyl sites for hydroxylation is 1. The van der Waals surface area contributed by atoms with Crippen LogP contribution in [0.4, 0.5) is 0 Å². The summed E-state index contributed by atoms with van der Waals surface area (Å²) in [6, 6.07) is 23.1. The summed E-state index contributed by atoms with van der Waals surface area (Å²) in [6.07, 6.45) is 2.89. The second-order valence-electron chi connectivity index (χ2n) is 6.63. The summed E-state index contributed by atoms with van der Waals surface area (Å²) in [5.74, 6) is 0.576. The number of nitrogens with zero attached hydrogens (tertiary/aromatic N) is 1. The van der Waals surface area contributed by atoms with Gasteiger partial charge in [0, 0.05) is 5.02 Å². The van der Waals surface area contributed by atoms with Gasteiger partial charge in [-0.2, -0.15) is 5.10 Å². The zero-order chi connectivity index (χ0) is 20.5. The van der Waals surface area contributed by atoms with E-state index in [0.717, 1.165) is 28.9 Å². The van der Waals surface area contributed by atoms with E-state index in [-0.39, 0.29) is 5.91 Å². The van der Waals surface area contributed by atoms with E-state index in [1.165, 1.54) is 5.56 Å². The predicted octanol–water partition coefficient (Wildman–Crippen LogP) is 5.17. The molecule has 0 unspecified atom stereocenters. The van der Waals surface area contributed by atoms with E-state index >= 15 is 0 Å². The molecule has 3 rings (SSSR count). The molecule has 0 aliphatic rings. The molecule has 5 heteroatoms. The smallest absolute Gasteiger partial charge is 0.244 e. The quantitative estimate of drug-likeness (QED) is 0.414. The van der Waals surface area contributed by atoms with Crippen LogP contribution in [0.25, 0.3) is 0 Å². The van der Waals surface area contributed by atoms with Gasteiger partial charge in [-0.1, -0.05) is 67.1 Å². The number of ether oxygens (including phenoxy) is 1. The summed E-state index contributed by atoms with van der Waals surface area (Å²) in [7, 11) is 0. The summed E-state index contributed by atoms with van der Waals surface area (Å²) >= 11 is 5.89. The van der Waals surface area contributed by atoms with Crippen molar-refractivity contribution < 1.29 is 9.53 Å². The van der Waals surface area contributed by atoms with Crippen LogP contribution in [0.15, 0.2) is 77.9 Å². The van der Waals surface area contributed by atoms with Gasteiger partial charge in [-0.3, -0.25) is 4.79 Å². The third-order valence-corrected chi connectivity index (χ3v) is 4.63. The highest BCUT2D eigenvalue weighted by Crippen LogP contribution is 2.16. The molecule has 4 nitrogen and oxygen atoms in total. The maximum absolute atomic E-state index is 12.0. The van der Waals surface area contributed by atoms with Crippen molar-refractivity contribution in [3.63, 3.8) is 0 Å². The molecule has 148 valence electrons. The van der Waals surface area contributed by atoms with Crippen LogP contribution in [0, 0.1) is 0 Å². The highest BCUT2D eigenvalue weighted by molar-refractivity contribution is 6.30. The van der Waals surface area contributed by atoms with Crippen LogP contribution in [0.2, 0.25) is 5.02 Å². The molecule has 0 saturated heterocycles. The minimum Gasteiger partial charge on any atom is -0.489 e. The standard InChI is InChI=1S/C24H23ClN2O2/c1-2-18-6-8-19(9-7-18)15-24(28)27-26-16-21-4-3-5-23(14-21)29-17-20-10-12-22(25)13-11-20/h3-14,16H,2,15,17H2,1H3,(H,27,28)/b26-16-. The van der Waals surface area contributed by atoms with Crippen LogP contribution in [-0.2, 0) is 24.2 Å². The van der Waals surface area contributed by atoms with Gasteiger partial charge < -0.3 is 4.74 Å². The van der Waals surface area contributed by atoms with Crippen LogP contribution in [-0.4, -0.2) is 12.1 Å². The van der Waals surface area contributed by atoms with Crippen molar-refractivity contribution in [2.75, 3.05) is 0 Å². The lowest BCUT2D eigenvalue weighted by molar-refractivity contribution is -0.120. The van der Waals surface area contributed by atoms with Gasteiger partial charge in [-0.25, -0.2) is 5.43 Å². The SMILES string of the molecule is CCc1ccc(CC(=O)N/N=C\c2cccc(OCc3ccc(Cl)cc3)c2)cc1. The normalized spacial score (nSPS) is 10.8. The summed E-state index contributed by atoms with van der Waals surface area (Å²) < 4.78 is 5.81. The van der Waals surface area contributed by atoms with E-state index in [1.807, 2.05) is 72.8 Å². The first-order valence-electron chi connectivity index (χ1n) is 9.49. The van der Waals surface area contributed by atoms with Gasteiger partial charge in [0.2, 0.25) is 5.91 Å². The molecular formula is C24H23ClN2O2. The van der Waals surface area contributed by atoms with Gasteiger partial charge in [-0.05, 0) is 52.9 Å². The number of halogens is 1. The molecule has 0 fully saturated rings. The van der Waals surface area contributed by atoms with Gasteiger partial charge >= 0.3 is 0 Å². The maximum Gasteiger partial charge on any atom is 0.244 e. The number of nitrogens with one attached hydrogen (secondary N) is 1. The van der Waals surface area contributed by atoms with Crippen molar-refractivity contribution in [3.8, 4) is 5.75 Å². The highest BCUT2D eigenvalue weighted by atomic mass is 35.5. The average molecular weight is 407 g/mol.